The van der Waals surface area contributed by atoms with Gasteiger partial charge in [0.15, 0.2) is 23.1 Å². The average molecular weight is 619 g/mol. The van der Waals surface area contributed by atoms with Crippen LogP contribution in [0.4, 0.5) is 0 Å². The normalized spacial score (nSPS) is 11.1. The fourth-order valence-corrected chi connectivity index (χ4v) is 6.03. The second-order valence-corrected chi connectivity index (χ2v) is 10.9. The lowest BCUT2D eigenvalue weighted by Crippen LogP contribution is -2.00. The summed E-state index contributed by atoms with van der Waals surface area (Å²) in [5, 5.41) is 7.93. The van der Waals surface area contributed by atoms with Crippen LogP contribution in [0.15, 0.2) is 89.5 Å². The van der Waals surface area contributed by atoms with Crippen molar-refractivity contribution in [2.75, 3.05) is 20.8 Å². The van der Waals surface area contributed by atoms with E-state index in [1.165, 1.54) is 11.5 Å². The predicted molar refractivity (Wildman–Crippen MR) is 173 cm³/mol. The quantitative estimate of drug-likeness (QED) is 0.158. The molecule has 0 atom stereocenters. The Labute approximate surface area is 261 Å². The first kappa shape index (κ1) is 27.5. The Morgan fingerprint density at radius 3 is 2.34 bits per heavy atom. The molecule has 3 heterocycles. The van der Waals surface area contributed by atoms with Crippen molar-refractivity contribution >= 4 is 44.9 Å². The zero-order valence-electron chi connectivity index (χ0n) is 23.6. The van der Waals surface area contributed by atoms with Gasteiger partial charge in [0.05, 0.1) is 25.3 Å². The molecule has 3 aromatic heterocycles. The third-order valence-electron chi connectivity index (χ3n) is 7.23. The van der Waals surface area contributed by atoms with Gasteiger partial charge in [0, 0.05) is 50.1 Å². The number of rotatable bonds is 8. The molecule has 0 saturated heterocycles. The summed E-state index contributed by atoms with van der Waals surface area (Å²) >= 11 is 7.43. The van der Waals surface area contributed by atoms with E-state index in [4.69, 9.17) is 41.7 Å². The first-order valence-corrected chi connectivity index (χ1v) is 14.7. The van der Waals surface area contributed by atoms with Gasteiger partial charge in [-0.2, -0.15) is 9.36 Å². The van der Waals surface area contributed by atoms with E-state index in [0.717, 1.165) is 43.6 Å². The molecule has 10 heteroatoms. The Morgan fingerprint density at radius 1 is 0.864 bits per heavy atom. The molecule has 0 unspecified atom stereocenters. The molecule has 7 rings (SSSR count). The molecule has 0 aliphatic heterocycles. The number of aromatic nitrogens is 4. The summed E-state index contributed by atoms with van der Waals surface area (Å²) in [4.78, 5) is 4.88. The van der Waals surface area contributed by atoms with Crippen LogP contribution in [0, 0.1) is 12.3 Å². The van der Waals surface area contributed by atoms with Crippen LogP contribution in [0.25, 0.3) is 60.9 Å². The van der Waals surface area contributed by atoms with Crippen molar-refractivity contribution in [3.8, 4) is 68.7 Å². The van der Waals surface area contributed by atoms with Crippen molar-refractivity contribution in [2.24, 2.45) is 0 Å². The number of methoxy groups -OCH3 is 2. The molecule has 0 aliphatic rings. The predicted octanol–water partition coefficient (Wildman–Crippen LogP) is 8.31. The van der Waals surface area contributed by atoms with Gasteiger partial charge in [0.1, 0.15) is 12.3 Å². The molecule has 0 amide bonds. The number of hydrogen-bond acceptors (Lipinski definition) is 8. The van der Waals surface area contributed by atoms with Crippen molar-refractivity contribution in [2.45, 2.75) is 0 Å². The first-order chi connectivity index (χ1) is 21.6. The Kier molecular flexibility index (Phi) is 7.14. The number of fused-ring (bicyclic) bond motifs is 3. The van der Waals surface area contributed by atoms with Crippen LogP contribution in [-0.2, 0) is 0 Å². The van der Waals surface area contributed by atoms with E-state index >= 15 is 0 Å². The molecule has 0 spiro atoms. The zero-order chi connectivity index (χ0) is 30.2. The average Bonchev–Trinajstić information content (AvgIpc) is 3.81. The molecule has 44 heavy (non-hydrogen) atoms. The topological polar surface area (TPSA) is 84.4 Å². The maximum Gasteiger partial charge on any atom is 0.214 e. The molecule has 0 fully saturated rings. The van der Waals surface area contributed by atoms with Gasteiger partial charge in [-0.3, -0.25) is 4.57 Å². The highest BCUT2D eigenvalue weighted by Gasteiger charge is 2.20. The van der Waals surface area contributed by atoms with Gasteiger partial charge < -0.3 is 18.7 Å². The van der Waals surface area contributed by atoms with E-state index in [-0.39, 0.29) is 6.61 Å². The molecule has 0 saturated carbocycles. The molecule has 7 aromatic rings. The lowest BCUT2D eigenvalue weighted by molar-refractivity contribution is 0.305. The van der Waals surface area contributed by atoms with Crippen molar-refractivity contribution in [3.63, 3.8) is 0 Å². The Morgan fingerprint density at radius 2 is 1.59 bits per heavy atom. The molecule has 216 valence electrons. The van der Waals surface area contributed by atoms with Crippen LogP contribution >= 0.6 is 23.1 Å². The van der Waals surface area contributed by atoms with Crippen molar-refractivity contribution in [1.29, 1.82) is 0 Å². The van der Waals surface area contributed by atoms with Gasteiger partial charge >= 0.3 is 0 Å². The third kappa shape index (κ3) is 4.80. The van der Waals surface area contributed by atoms with Crippen LogP contribution in [0.2, 0.25) is 5.02 Å². The van der Waals surface area contributed by atoms with Gasteiger partial charge in [0.25, 0.3) is 0 Å². The third-order valence-corrected chi connectivity index (χ3v) is 8.19. The van der Waals surface area contributed by atoms with Gasteiger partial charge in [-0.05, 0) is 60.7 Å². The largest absolute Gasteiger partial charge is 0.493 e. The van der Waals surface area contributed by atoms with E-state index in [1.54, 1.807) is 14.2 Å². The molecular weight excluding hydrogens is 596 g/mol. The summed E-state index contributed by atoms with van der Waals surface area (Å²) in [5.41, 5.74) is 5.18. The fraction of sp³-hybridized carbons (Fsp3) is 0.0882. The minimum Gasteiger partial charge on any atom is -0.493 e. The standard InChI is InChI=1S/C34H23ClN4O4S/c1-4-15-42-32-30(40-2)17-22(18-31(32)41-3)26-19-29(43-37-26)21-11-14-28-25(16-21)24-7-5-6-8-27(24)39(28)34-36-33(38-44-34)20-9-12-23(35)13-10-20/h1,5-14,16-19H,15H2,2-3H3. The van der Waals surface area contributed by atoms with Crippen LogP contribution in [0.1, 0.15) is 0 Å². The number of halogens is 1. The number of hydrogen-bond donors (Lipinski definition) is 0. The molecule has 0 aliphatic carbocycles. The Bertz CT molecular complexity index is 2170. The van der Waals surface area contributed by atoms with E-state index in [9.17, 15) is 0 Å². The number of ether oxygens (including phenoxy) is 3. The van der Waals surface area contributed by atoms with Gasteiger partial charge in [-0.1, -0.05) is 40.9 Å². The molecular formula is C34H23ClN4O4S. The highest BCUT2D eigenvalue weighted by molar-refractivity contribution is 7.08. The molecule has 4 aromatic carbocycles. The van der Waals surface area contributed by atoms with Crippen molar-refractivity contribution < 1.29 is 18.7 Å². The van der Waals surface area contributed by atoms with Crippen LogP contribution in [0.3, 0.4) is 0 Å². The van der Waals surface area contributed by atoms with E-state index in [2.05, 4.69) is 44.3 Å². The summed E-state index contributed by atoms with van der Waals surface area (Å²) in [6.07, 6.45) is 5.37. The maximum atomic E-state index is 6.08. The molecule has 0 N–H and O–H groups in total. The second-order valence-electron chi connectivity index (χ2n) is 9.77. The zero-order valence-corrected chi connectivity index (χ0v) is 25.1. The monoisotopic (exact) mass is 618 g/mol. The van der Waals surface area contributed by atoms with Gasteiger partial charge in [-0.15, -0.1) is 6.42 Å². The summed E-state index contributed by atoms with van der Waals surface area (Å²) < 4.78 is 29.4. The number of nitrogens with zero attached hydrogens (tertiary/aromatic N) is 4. The highest BCUT2D eigenvalue weighted by Crippen LogP contribution is 2.42. The SMILES string of the molecule is C#CCOc1c(OC)cc(-c2cc(-c3ccc4c(c3)c3ccccc3n4-c3nc(-c4ccc(Cl)cc4)ns3)on2)cc1OC. The number of terminal acetylenes is 1. The highest BCUT2D eigenvalue weighted by atomic mass is 35.5. The van der Waals surface area contributed by atoms with Crippen LogP contribution in [0.5, 0.6) is 17.2 Å². The van der Waals surface area contributed by atoms with E-state index < -0.39 is 0 Å². The van der Waals surface area contributed by atoms with Crippen LogP contribution < -0.4 is 14.2 Å². The first-order valence-electron chi connectivity index (χ1n) is 13.5. The van der Waals surface area contributed by atoms with Crippen molar-refractivity contribution in [3.05, 3.63) is 90.0 Å². The van der Waals surface area contributed by atoms with Gasteiger partial charge in [-0.25, -0.2) is 0 Å². The summed E-state index contributed by atoms with van der Waals surface area (Å²) in [5.74, 6) is 5.11. The summed E-state index contributed by atoms with van der Waals surface area (Å²) in [7, 11) is 3.11. The number of benzene rings is 4. The fourth-order valence-electron chi connectivity index (χ4n) is 5.19. The molecule has 0 radical (unpaired) electrons. The minimum atomic E-state index is 0.0850. The van der Waals surface area contributed by atoms with E-state index in [0.29, 0.717) is 39.5 Å². The van der Waals surface area contributed by atoms with E-state index in [1.807, 2.05) is 60.7 Å². The molecule has 8 nitrogen and oxygen atoms in total. The summed E-state index contributed by atoms with van der Waals surface area (Å²) in [6.45, 7) is 0.0850. The van der Waals surface area contributed by atoms with Gasteiger partial charge in [0.2, 0.25) is 10.9 Å². The lowest BCUT2D eigenvalue weighted by atomic mass is 10.1. The minimum absolute atomic E-state index is 0.0850. The lowest BCUT2D eigenvalue weighted by Gasteiger charge is -2.14. The molecule has 0 bridgehead atoms. The maximum absolute atomic E-state index is 6.08. The number of para-hydroxylation sites is 1. The Hall–Kier alpha value is -5.30. The second kappa shape index (κ2) is 11.4. The summed E-state index contributed by atoms with van der Waals surface area (Å²) in [6, 6.07) is 27.5. The Balaban J connectivity index is 1.28. The smallest absolute Gasteiger partial charge is 0.214 e. The van der Waals surface area contributed by atoms with Crippen LogP contribution in [-0.4, -0.2) is 39.9 Å². The van der Waals surface area contributed by atoms with Crippen molar-refractivity contribution in [1.82, 2.24) is 19.1 Å².